The minimum absolute atomic E-state index is 0.00986. The molecule has 0 saturated carbocycles. The SMILES string of the molecule is Cc1cc(C2CCN(S(=O)(=O)C(C)(C)C(=O)O)CC2)ccc1-c1cccc(OC[C@@H](O)CO)c1. The van der Waals surface area contributed by atoms with Crippen molar-refractivity contribution in [1.82, 2.24) is 4.31 Å². The molecule has 0 aromatic heterocycles. The summed E-state index contributed by atoms with van der Waals surface area (Å²) >= 11 is 0. The van der Waals surface area contributed by atoms with E-state index in [9.17, 15) is 23.4 Å². The molecule has 3 N–H and O–H groups in total. The Morgan fingerprint density at radius 2 is 1.85 bits per heavy atom. The average molecular weight is 492 g/mol. The first-order valence-corrected chi connectivity index (χ1v) is 12.8. The second kappa shape index (κ2) is 10.4. The molecule has 1 aliphatic heterocycles. The van der Waals surface area contributed by atoms with E-state index < -0.39 is 26.8 Å². The molecule has 1 saturated heterocycles. The second-order valence-electron chi connectivity index (χ2n) is 9.24. The topological polar surface area (TPSA) is 124 Å². The van der Waals surface area contributed by atoms with E-state index in [0.29, 0.717) is 31.7 Å². The fourth-order valence-electron chi connectivity index (χ4n) is 4.13. The van der Waals surface area contributed by atoms with Crippen LogP contribution in [0.1, 0.15) is 43.7 Å². The second-order valence-corrected chi connectivity index (χ2v) is 11.7. The van der Waals surface area contributed by atoms with E-state index in [0.717, 1.165) is 22.3 Å². The molecule has 1 atom stereocenters. The monoisotopic (exact) mass is 491 g/mol. The molecule has 2 aromatic rings. The van der Waals surface area contributed by atoms with Gasteiger partial charge in [0.25, 0.3) is 0 Å². The van der Waals surface area contributed by atoms with Gasteiger partial charge in [-0.1, -0.05) is 30.3 Å². The first-order valence-electron chi connectivity index (χ1n) is 11.3. The zero-order chi connectivity index (χ0) is 25.1. The van der Waals surface area contributed by atoms with Crippen LogP contribution in [0.3, 0.4) is 0 Å². The number of sulfonamides is 1. The highest BCUT2D eigenvalue weighted by atomic mass is 32.2. The number of ether oxygens (including phenoxy) is 1. The standard InChI is InChI=1S/C25H33NO7S/c1-17-13-19(18-9-11-26(12-10-18)34(31,32)25(2,3)24(29)30)7-8-23(17)20-5-4-6-22(14-20)33-16-21(28)15-27/h4-8,13-14,18,21,27-28H,9-12,15-16H2,1-3H3,(H,29,30)/t21-/m0/s1. The lowest BCUT2D eigenvalue weighted by Gasteiger charge is -2.35. The van der Waals surface area contributed by atoms with Crippen LogP contribution in [0.25, 0.3) is 11.1 Å². The predicted octanol–water partition coefficient (Wildman–Crippen LogP) is 2.77. The zero-order valence-corrected chi connectivity index (χ0v) is 20.6. The van der Waals surface area contributed by atoms with E-state index in [1.165, 1.54) is 18.2 Å². The van der Waals surface area contributed by atoms with Crippen LogP contribution in [0.15, 0.2) is 42.5 Å². The van der Waals surface area contributed by atoms with Crippen molar-refractivity contribution in [2.24, 2.45) is 0 Å². The van der Waals surface area contributed by atoms with E-state index in [1.54, 1.807) is 6.07 Å². The molecule has 2 aromatic carbocycles. The van der Waals surface area contributed by atoms with Crippen LogP contribution in [-0.2, 0) is 14.8 Å². The number of nitrogens with zero attached hydrogens (tertiary/aromatic N) is 1. The lowest BCUT2D eigenvalue weighted by Crippen LogP contribution is -2.51. The summed E-state index contributed by atoms with van der Waals surface area (Å²) in [5.74, 6) is -0.548. The number of carboxylic acid groups (broad SMARTS) is 1. The number of aryl methyl sites for hydroxylation is 1. The molecule has 3 rings (SSSR count). The Labute approximate surface area is 200 Å². The number of piperidine rings is 1. The number of rotatable bonds is 9. The van der Waals surface area contributed by atoms with Gasteiger partial charge in [0.15, 0.2) is 4.75 Å². The molecule has 0 amide bonds. The average Bonchev–Trinajstić information content (AvgIpc) is 2.82. The maximum Gasteiger partial charge on any atom is 0.325 e. The quantitative estimate of drug-likeness (QED) is 0.493. The Morgan fingerprint density at radius 3 is 2.44 bits per heavy atom. The third kappa shape index (κ3) is 5.43. The lowest BCUT2D eigenvalue weighted by molar-refractivity contribution is -0.139. The van der Waals surface area contributed by atoms with Crippen molar-refractivity contribution in [3.8, 4) is 16.9 Å². The summed E-state index contributed by atoms with van der Waals surface area (Å²) in [7, 11) is -3.94. The Kier molecular flexibility index (Phi) is 8.02. The first kappa shape index (κ1) is 26.2. The third-order valence-corrected chi connectivity index (χ3v) is 8.98. The summed E-state index contributed by atoms with van der Waals surface area (Å²) in [5.41, 5.74) is 4.22. The van der Waals surface area contributed by atoms with Crippen molar-refractivity contribution >= 4 is 16.0 Å². The number of hydrogen-bond acceptors (Lipinski definition) is 6. The molecule has 0 spiro atoms. The van der Waals surface area contributed by atoms with E-state index in [1.807, 2.05) is 31.2 Å². The highest BCUT2D eigenvalue weighted by Gasteiger charge is 2.46. The van der Waals surface area contributed by atoms with Crippen molar-refractivity contribution in [3.05, 3.63) is 53.6 Å². The van der Waals surface area contributed by atoms with Crippen LogP contribution in [0, 0.1) is 6.92 Å². The molecule has 0 aliphatic carbocycles. The normalized spacial score (nSPS) is 16.9. The van der Waals surface area contributed by atoms with Crippen molar-refractivity contribution < 1.29 is 33.3 Å². The zero-order valence-electron chi connectivity index (χ0n) is 19.8. The minimum Gasteiger partial charge on any atom is -0.491 e. The van der Waals surface area contributed by atoms with Gasteiger partial charge < -0.3 is 20.1 Å². The third-order valence-electron chi connectivity index (χ3n) is 6.47. The van der Waals surface area contributed by atoms with E-state index >= 15 is 0 Å². The molecule has 34 heavy (non-hydrogen) atoms. The molecule has 0 radical (unpaired) electrons. The number of benzene rings is 2. The van der Waals surface area contributed by atoms with Gasteiger partial charge in [-0.15, -0.1) is 0 Å². The minimum atomic E-state index is -3.94. The molecule has 0 unspecified atom stereocenters. The number of aliphatic carboxylic acids is 1. The van der Waals surface area contributed by atoms with E-state index in [-0.39, 0.29) is 19.1 Å². The van der Waals surface area contributed by atoms with Crippen LogP contribution in [-0.4, -0.2) is 71.2 Å². The summed E-state index contributed by atoms with van der Waals surface area (Å²) in [6, 6.07) is 13.8. The maximum atomic E-state index is 12.8. The fourth-order valence-corrected chi connectivity index (χ4v) is 5.68. The smallest absolute Gasteiger partial charge is 0.325 e. The number of carbonyl (C=O) groups is 1. The van der Waals surface area contributed by atoms with Crippen molar-refractivity contribution in [2.75, 3.05) is 26.3 Å². The highest BCUT2D eigenvalue weighted by Crippen LogP contribution is 2.35. The van der Waals surface area contributed by atoms with Crippen LogP contribution < -0.4 is 4.74 Å². The molecule has 1 heterocycles. The van der Waals surface area contributed by atoms with Gasteiger partial charge in [-0.05, 0) is 73.9 Å². The predicted molar refractivity (Wildman–Crippen MR) is 129 cm³/mol. The van der Waals surface area contributed by atoms with Gasteiger partial charge in [-0.3, -0.25) is 4.79 Å². The summed E-state index contributed by atoms with van der Waals surface area (Å²) < 4.78 is 30.6. The summed E-state index contributed by atoms with van der Waals surface area (Å²) in [4.78, 5) is 11.4. The molecule has 8 nitrogen and oxygen atoms in total. The van der Waals surface area contributed by atoms with Gasteiger partial charge in [-0.25, -0.2) is 12.7 Å². The maximum absolute atomic E-state index is 12.8. The Hall–Kier alpha value is -2.46. The number of carboxylic acids is 1. The fraction of sp³-hybridized carbons (Fsp3) is 0.480. The van der Waals surface area contributed by atoms with Gasteiger partial charge >= 0.3 is 5.97 Å². The van der Waals surface area contributed by atoms with Crippen LogP contribution in [0.2, 0.25) is 0 Å². The number of aliphatic hydroxyl groups is 2. The van der Waals surface area contributed by atoms with Crippen LogP contribution in [0.4, 0.5) is 0 Å². The molecule has 0 bridgehead atoms. The lowest BCUT2D eigenvalue weighted by atomic mass is 9.87. The van der Waals surface area contributed by atoms with Gasteiger partial charge in [0.2, 0.25) is 10.0 Å². The first-order chi connectivity index (χ1) is 16.0. The van der Waals surface area contributed by atoms with Gasteiger partial charge in [-0.2, -0.15) is 0 Å². The molecule has 9 heteroatoms. The van der Waals surface area contributed by atoms with E-state index in [4.69, 9.17) is 9.84 Å². The molecular formula is C25H33NO7S. The number of hydrogen-bond donors (Lipinski definition) is 3. The molecule has 186 valence electrons. The van der Waals surface area contributed by atoms with Gasteiger partial charge in [0, 0.05) is 13.1 Å². The van der Waals surface area contributed by atoms with E-state index in [2.05, 4.69) is 12.1 Å². The largest absolute Gasteiger partial charge is 0.491 e. The summed E-state index contributed by atoms with van der Waals surface area (Å²) in [6.07, 6.45) is 0.329. The highest BCUT2D eigenvalue weighted by molar-refractivity contribution is 7.91. The number of aliphatic hydroxyl groups excluding tert-OH is 2. The molecule has 1 fully saturated rings. The van der Waals surface area contributed by atoms with Crippen LogP contribution >= 0.6 is 0 Å². The van der Waals surface area contributed by atoms with Crippen molar-refractivity contribution in [2.45, 2.75) is 50.4 Å². The van der Waals surface area contributed by atoms with Gasteiger partial charge in [0.1, 0.15) is 18.5 Å². The molecular weight excluding hydrogens is 458 g/mol. The van der Waals surface area contributed by atoms with Gasteiger partial charge in [0.05, 0.1) is 6.61 Å². The van der Waals surface area contributed by atoms with Crippen molar-refractivity contribution in [1.29, 1.82) is 0 Å². The Bertz CT molecular complexity index is 1120. The van der Waals surface area contributed by atoms with Crippen LogP contribution in [0.5, 0.6) is 5.75 Å². The summed E-state index contributed by atoms with van der Waals surface area (Å²) in [5, 5.41) is 27.8. The Morgan fingerprint density at radius 1 is 1.18 bits per heavy atom. The summed E-state index contributed by atoms with van der Waals surface area (Å²) in [6.45, 7) is 4.73. The Balaban J connectivity index is 1.71. The van der Waals surface area contributed by atoms with Crippen molar-refractivity contribution in [3.63, 3.8) is 0 Å². The molecule has 1 aliphatic rings.